The second-order valence-corrected chi connectivity index (χ2v) is 5.81. The highest BCUT2D eigenvalue weighted by molar-refractivity contribution is 7.89. The summed E-state index contributed by atoms with van der Waals surface area (Å²) in [6.07, 6.45) is 2.23. The van der Waals surface area contributed by atoms with Crippen molar-refractivity contribution in [2.24, 2.45) is 0 Å². The fourth-order valence-corrected chi connectivity index (χ4v) is 2.71. The van der Waals surface area contributed by atoms with Crippen LogP contribution in [-0.2, 0) is 16.4 Å². The van der Waals surface area contributed by atoms with Crippen molar-refractivity contribution in [3.63, 3.8) is 0 Å². The number of nitrogen functional groups attached to an aromatic ring is 1. The fourth-order valence-electron chi connectivity index (χ4n) is 1.62. The van der Waals surface area contributed by atoms with E-state index in [1.165, 1.54) is 12.1 Å². The number of anilines is 1. The minimum absolute atomic E-state index is 0.175. The van der Waals surface area contributed by atoms with E-state index >= 15 is 0 Å². The lowest BCUT2D eigenvalue weighted by Crippen LogP contribution is -2.26. The first kappa shape index (κ1) is 13.5. The molecule has 0 saturated heterocycles. The van der Waals surface area contributed by atoms with Crippen LogP contribution in [0.25, 0.3) is 0 Å². The number of benzene rings is 1. The first-order chi connectivity index (χ1) is 9.08. The Kier molecular flexibility index (Phi) is 4.13. The molecule has 0 aliphatic rings. The van der Waals surface area contributed by atoms with Gasteiger partial charge in [-0.05, 0) is 30.3 Å². The van der Waals surface area contributed by atoms with Gasteiger partial charge < -0.3 is 5.73 Å². The van der Waals surface area contributed by atoms with Gasteiger partial charge in [0.15, 0.2) is 0 Å². The summed E-state index contributed by atoms with van der Waals surface area (Å²) in [5.41, 5.74) is 6.84. The summed E-state index contributed by atoms with van der Waals surface area (Å²) in [5, 5.41) is 0. The van der Waals surface area contributed by atoms with Crippen LogP contribution < -0.4 is 10.5 Å². The molecule has 0 aliphatic carbocycles. The maximum Gasteiger partial charge on any atom is 0.240 e. The van der Waals surface area contributed by atoms with Crippen LogP contribution in [-0.4, -0.2) is 19.9 Å². The molecule has 0 aliphatic heterocycles. The summed E-state index contributed by atoms with van der Waals surface area (Å²) in [6, 6.07) is 11.8. The molecule has 5 nitrogen and oxygen atoms in total. The monoisotopic (exact) mass is 277 g/mol. The van der Waals surface area contributed by atoms with Crippen molar-refractivity contribution in [1.29, 1.82) is 0 Å². The minimum atomic E-state index is -3.51. The number of nitrogens with one attached hydrogen (secondary N) is 1. The summed E-state index contributed by atoms with van der Waals surface area (Å²) in [7, 11) is -3.51. The van der Waals surface area contributed by atoms with E-state index in [2.05, 4.69) is 9.71 Å². The highest BCUT2D eigenvalue weighted by Gasteiger charge is 2.13. The molecule has 2 rings (SSSR count). The van der Waals surface area contributed by atoms with Crippen molar-refractivity contribution in [1.82, 2.24) is 9.71 Å². The Labute approximate surface area is 112 Å². The molecule has 2 aromatic rings. The summed E-state index contributed by atoms with van der Waals surface area (Å²) in [5.74, 6) is 0. The number of rotatable bonds is 5. The van der Waals surface area contributed by atoms with E-state index in [0.717, 1.165) is 5.69 Å². The van der Waals surface area contributed by atoms with Gasteiger partial charge in [0.05, 0.1) is 4.90 Å². The van der Waals surface area contributed by atoms with Crippen LogP contribution in [0, 0.1) is 0 Å². The van der Waals surface area contributed by atoms with Crippen molar-refractivity contribution in [2.75, 3.05) is 12.3 Å². The lowest BCUT2D eigenvalue weighted by Gasteiger charge is -2.07. The van der Waals surface area contributed by atoms with Gasteiger partial charge in [-0.15, -0.1) is 0 Å². The van der Waals surface area contributed by atoms with E-state index in [1.807, 2.05) is 18.2 Å². The molecule has 0 amide bonds. The summed E-state index contributed by atoms with van der Waals surface area (Å²) in [6.45, 7) is 0.300. The number of aromatic nitrogens is 1. The normalized spacial score (nSPS) is 11.4. The quantitative estimate of drug-likeness (QED) is 0.804. The van der Waals surface area contributed by atoms with Crippen molar-refractivity contribution in [3.8, 4) is 0 Å². The molecular formula is C13H15N3O2S. The highest BCUT2D eigenvalue weighted by Crippen LogP contribution is 2.12. The highest BCUT2D eigenvalue weighted by atomic mass is 32.2. The third-order valence-corrected chi connectivity index (χ3v) is 4.03. The van der Waals surface area contributed by atoms with Crippen molar-refractivity contribution >= 4 is 15.7 Å². The van der Waals surface area contributed by atoms with Crippen LogP contribution in [0.4, 0.5) is 5.69 Å². The van der Waals surface area contributed by atoms with Gasteiger partial charge >= 0.3 is 0 Å². The maximum atomic E-state index is 12.0. The molecule has 0 atom stereocenters. The van der Waals surface area contributed by atoms with Crippen LogP contribution in [0.3, 0.4) is 0 Å². The topological polar surface area (TPSA) is 85.1 Å². The molecule has 1 aromatic heterocycles. The van der Waals surface area contributed by atoms with E-state index in [1.54, 1.807) is 18.3 Å². The van der Waals surface area contributed by atoms with Gasteiger partial charge in [0.25, 0.3) is 0 Å². The maximum absolute atomic E-state index is 12.0. The van der Waals surface area contributed by atoms with Crippen LogP contribution in [0.5, 0.6) is 0 Å². The second-order valence-electron chi connectivity index (χ2n) is 4.04. The Balaban J connectivity index is 1.99. The molecular weight excluding hydrogens is 262 g/mol. The Morgan fingerprint density at radius 2 is 2.00 bits per heavy atom. The van der Waals surface area contributed by atoms with Crippen molar-refractivity contribution in [3.05, 3.63) is 54.4 Å². The molecule has 3 N–H and O–H groups in total. The molecule has 6 heteroatoms. The average Bonchev–Trinajstić information content (AvgIpc) is 2.40. The molecule has 0 spiro atoms. The SMILES string of the molecule is Nc1cccc(S(=O)(=O)NCCc2ccccn2)c1. The lowest BCUT2D eigenvalue weighted by molar-refractivity contribution is 0.581. The molecule has 100 valence electrons. The Morgan fingerprint density at radius 1 is 1.16 bits per heavy atom. The van der Waals surface area contributed by atoms with Gasteiger partial charge in [-0.25, -0.2) is 13.1 Å². The van der Waals surface area contributed by atoms with Crippen LogP contribution in [0.2, 0.25) is 0 Å². The van der Waals surface area contributed by atoms with Gasteiger partial charge in [-0.1, -0.05) is 12.1 Å². The van der Waals surface area contributed by atoms with Crippen LogP contribution >= 0.6 is 0 Å². The zero-order chi connectivity index (χ0) is 13.7. The predicted octanol–water partition coefficient (Wildman–Crippen LogP) is 1.18. The molecule has 1 aromatic carbocycles. The van der Waals surface area contributed by atoms with Gasteiger partial charge in [0.1, 0.15) is 0 Å². The molecule has 0 fully saturated rings. The zero-order valence-corrected chi connectivity index (χ0v) is 11.1. The summed E-state index contributed by atoms with van der Waals surface area (Å²) >= 11 is 0. The smallest absolute Gasteiger partial charge is 0.240 e. The summed E-state index contributed by atoms with van der Waals surface area (Å²) in [4.78, 5) is 4.30. The molecule has 0 bridgehead atoms. The van der Waals surface area contributed by atoms with Gasteiger partial charge in [0.2, 0.25) is 10.0 Å². The fraction of sp³-hybridized carbons (Fsp3) is 0.154. The van der Waals surface area contributed by atoms with Crippen LogP contribution in [0.15, 0.2) is 53.6 Å². The largest absolute Gasteiger partial charge is 0.399 e. The van der Waals surface area contributed by atoms with Crippen LogP contribution in [0.1, 0.15) is 5.69 Å². The van der Waals surface area contributed by atoms with Crippen molar-refractivity contribution < 1.29 is 8.42 Å². The Bertz CT molecular complexity index is 642. The Hall–Kier alpha value is -1.92. The van der Waals surface area contributed by atoms with Gasteiger partial charge in [-0.3, -0.25) is 4.98 Å². The number of hydrogen-bond acceptors (Lipinski definition) is 4. The van der Waals surface area contributed by atoms with E-state index < -0.39 is 10.0 Å². The number of hydrogen-bond donors (Lipinski definition) is 2. The van der Waals surface area contributed by atoms with E-state index in [0.29, 0.717) is 18.7 Å². The first-order valence-corrected chi connectivity index (χ1v) is 7.31. The third kappa shape index (κ3) is 3.77. The summed E-state index contributed by atoms with van der Waals surface area (Å²) < 4.78 is 26.5. The molecule has 0 saturated carbocycles. The number of sulfonamides is 1. The van der Waals surface area contributed by atoms with E-state index in [4.69, 9.17) is 5.73 Å². The van der Waals surface area contributed by atoms with Crippen molar-refractivity contribution in [2.45, 2.75) is 11.3 Å². The van der Waals surface area contributed by atoms with E-state index in [-0.39, 0.29) is 4.90 Å². The van der Waals surface area contributed by atoms with Gasteiger partial charge in [0, 0.05) is 30.5 Å². The molecule has 0 unspecified atom stereocenters. The molecule has 1 heterocycles. The minimum Gasteiger partial charge on any atom is -0.399 e. The predicted molar refractivity (Wildman–Crippen MR) is 74.0 cm³/mol. The number of nitrogens with zero attached hydrogens (tertiary/aromatic N) is 1. The second kappa shape index (κ2) is 5.81. The Morgan fingerprint density at radius 3 is 2.68 bits per heavy atom. The lowest BCUT2D eigenvalue weighted by atomic mass is 10.3. The number of pyridine rings is 1. The average molecular weight is 277 g/mol. The standard InChI is InChI=1S/C13H15N3O2S/c14-11-4-3-6-13(10-11)19(17,18)16-9-7-12-5-1-2-8-15-12/h1-6,8,10,16H,7,9,14H2. The third-order valence-electron chi connectivity index (χ3n) is 2.57. The van der Waals surface area contributed by atoms with E-state index in [9.17, 15) is 8.42 Å². The first-order valence-electron chi connectivity index (χ1n) is 5.83. The molecule has 0 radical (unpaired) electrons. The number of nitrogens with two attached hydrogens (primary N) is 1. The molecule has 19 heavy (non-hydrogen) atoms. The zero-order valence-electron chi connectivity index (χ0n) is 10.3. The van der Waals surface area contributed by atoms with Gasteiger partial charge in [-0.2, -0.15) is 0 Å².